The molecule has 0 unspecified atom stereocenters. The molecule has 0 amide bonds. The first-order valence-electron chi connectivity index (χ1n) is 11.5. The molecule has 164 valence electrons. The number of hydrogen-bond acceptors (Lipinski definition) is 6. The molecular formula is C24H32O6. The molecule has 4 saturated carbocycles. The normalized spacial score (nSPS) is 56.4. The summed E-state index contributed by atoms with van der Waals surface area (Å²) in [6, 6.07) is 3.11. The van der Waals surface area contributed by atoms with Gasteiger partial charge in [-0.1, -0.05) is 13.8 Å². The van der Waals surface area contributed by atoms with Crippen molar-refractivity contribution in [2.24, 2.45) is 28.6 Å². The number of rotatable bonds is 1. The van der Waals surface area contributed by atoms with Gasteiger partial charge < -0.3 is 24.5 Å². The van der Waals surface area contributed by atoms with E-state index in [-0.39, 0.29) is 23.5 Å². The van der Waals surface area contributed by atoms with Crippen LogP contribution in [0.5, 0.6) is 0 Å². The van der Waals surface area contributed by atoms with Crippen molar-refractivity contribution in [2.75, 3.05) is 0 Å². The topological polar surface area (TPSA) is 103 Å². The highest BCUT2D eigenvalue weighted by Crippen LogP contribution is 2.77. The molecule has 11 atom stereocenters. The molecular weight excluding hydrogens is 384 g/mol. The third kappa shape index (κ3) is 2.11. The first-order chi connectivity index (χ1) is 14.2. The SMILES string of the molecule is C[C@]12CC[C@H](O)C[C@H]1CC[C@@H]1[C@@H]2C[C@@H](O)[C@]2(C)[C@@H](c3ccc(=O)oc3)[C@@H](O)[C@H]3O[C@]132. The van der Waals surface area contributed by atoms with Crippen LogP contribution in [0.25, 0.3) is 0 Å². The zero-order valence-electron chi connectivity index (χ0n) is 17.7. The highest BCUT2D eigenvalue weighted by molar-refractivity contribution is 5.39. The minimum absolute atomic E-state index is 0.0955. The van der Waals surface area contributed by atoms with Gasteiger partial charge in [-0.3, -0.25) is 0 Å². The third-order valence-corrected chi connectivity index (χ3v) is 10.3. The standard InChI is InChI=1S/C24H32O6/c1-22-8-7-14(25)9-13(22)4-5-15-16(22)10-17(26)23(2)19(12-3-6-18(27)29-11-12)20(28)21-24(15,23)30-21/h3,6,11,13-17,19-21,25-26,28H,4-5,7-10H2,1-2H3/t13-,14+,15-,16+,17-,19+,20-,21-,22+,23-,24-/m1/s1. The van der Waals surface area contributed by atoms with E-state index in [2.05, 4.69) is 13.8 Å². The number of hydrogen-bond donors (Lipinski definition) is 3. The van der Waals surface area contributed by atoms with Crippen molar-refractivity contribution in [1.82, 2.24) is 0 Å². The smallest absolute Gasteiger partial charge is 0.335 e. The van der Waals surface area contributed by atoms with E-state index in [1.165, 1.54) is 12.3 Å². The van der Waals surface area contributed by atoms with Crippen molar-refractivity contribution in [3.05, 3.63) is 34.4 Å². The van der Waals surface area contributed by atoms with Gasteiger partial charge in [-0.15, -0.1) is 0 Å². The zero-order chi connectivity index (χ0) is 21.1. The summed E-state index contributed by atoms with van der Waals surface area (Å²) in [6.07, 6.45) is 5.08. The molecule has 6 nitrogen and oxygen atoms in total. The molecule has 6 rings (SSSR count). The summed E-state index contributed by atoms with van der Waals surface area (Å²) in [5.41, 5.74) is -0.714. The molecule has 2 heterocycles. The fourth-order valence-electron chi connectivity index (χ4n) is 8.77. The molecule has 0 bridgehead atoms. The lowest BCUT2D eigenvalue weighted by atomic mass is 9.43. The van der Waals surface area contributed by atoms with Gasteiger partial charge in [0.25, 0.3) is 0 Å². The predicted molar refractivity (Wildman–Crippen MR) is 108 cm³/mol. The molecule has 1 spiro atoms. The van der Waals surface area contributed by atoms with Crippen LogP contribution in [0.3, 0.4) is 0 Å². The lowest BCUT2D eigenvalue weighted by molar-refractivity contribution is -0.187. The molecule has 1 saturated heterocycles. The van der Waals surface area contributed by atoms with Crippen molar-refractivity contribution in [3.63, 3.8) is 0 Å². The van der Waals surface area contributed by atoms with Crippen molar-refractivity contribution in [2.45, 2.75) is 88.3 Å². The lowest BCUT2D eigenvalue weighted by Crippen LogP contribution is -2.63. The van der Waals surface area contributed by atoms with E-state index in [4.69, 9.17) is 9.15 Å². The molecule has 3 N–H and O–H groups in total. The minimum atomic E-state index is -0.727. The van der Waals surface area contributed by atoms with Gasteiger partial charge in [-0.25, -0.2) is 4.79 Å². The Hall–Kier alpha value is -1.21. The van der Waals surface area contributed by atoms with Crippen molar-refractivity contribution in [1.29, 1.82) is 0 Å². The van der Waals surface area contributed by atoms with Gasteiger partial charge in [0.2, 0.25) is 0 Å². The number of aliphatic hydroxyl groups excluding tert-OH is 3. The first kappa shape index (κ1) is 19.5. The summed E-state index contributed by atoms with van der Waals surface area (Å²) in [6.45, 7) is 4.43. The Morgan fingerprint density at radius 1 is 1.03 bits per heavy atom. The molecule has 0 radical (unpaired) electrons. The molecule has 6 heteroatoms. The maximum absolute atomic E-state index is 11.6. The van der Waals surface area contributed by atoms with E-state index in [1.54, 1.807) is 6.07 Å². The Bertz CT molecular complexity index is 908. The van der Waals surface area contributed by atoms with Gasteiger partial charge in [0.1, 0.15) is 11.7 Å². The average molecular weight is 417 g/mol. The van der Waals surface area contributed by atoms with Crippen molar-refractivity contribution >= 4 is 0 Å². The molecule has 0 aromatic carbocycles. The van der Waals surface area contributed by atoms with E-state index in [1.807, 2.05) is 0 Å². The first-order valence-corrected chi connectivity index (χ1v) is 11.5. The van der Waals surface area contributed by atoms with Crippen LogP contribution in [-0.2, 0) is 4.74 Å². The van der Waals surface area contributed by atoms with E-state index >= 15 is 0 Å². The molecule has 5 fully saturated rings. The fraction of sp³-hybridized carbons (Fsp3) is 0.792. The van der Waals surface area contributed by atoms with Crippen LogP contribution < -0.4 is 5.63 Å². The highest BCUT2D eigenvalue weighted by atomic mass is 16.6. The monoisotopic (exact) mass is 416 g/mol. The third-order valence-electron chi connectivity index (χ3n) is 10.3. The second-order valence-corrected chi connectivity index (χ2v) is 11.1. The quantitative estimate of drug-likeness (QED) is 0.607. The molecule has 30 heavy (non-hydrogen) atoms. The minimum Gasteiger partial charge on any atom is -0.431 e. The summed E-state index contributed by atoms with van der Waals surface area (Å²) < 4.78 is 11.5. The average Bonchev–Trinajstić information content (AvgIpc) is 3.42. The summed E-state index contributed by atoms with van der Waals surface area (Å²) in [7, 11) is 0. The Kier molecular flexibility index (Phi) is 3.88. The molecule has 4 aliphatic carbocycles. The number of fused-ring (bicyclic) bond motifs is 3. The molecule has 1 aromatic rings. The van der Waals surface area contributed by atoms with Crippen LogP contribution in [0.15, 0.2) is 27.6 Å². The van der Waals surface area contributed by atoms with E-state index in [0.717, 1.165) is 37.7 Å². The number of epoxide rings is 1. The fourth-order valence-corrected chi connectivity index (χ4v) is 8.77. The Balaban J connectivity index is 1.42. The summed E-state index contributed by atoms with van der Waals surface area (Å²) in [5.74, 6) is 0.785. The number of ether oxygens (including phenoxy) is 1. The maximum atomic E-state index is 11.6. The van der Waals surface area contributed by atoms with Gasteiger partial charge in [0.05, 0.1) is 24.6 Å². The van der Waals surface area contributed by atoms with Crippen LogP contribution in [0.1, 0.15) is 63.9 Å². The zero-order valence-corrected chi connectivity index (χ0v) is 17.7. The Labute approximate surface area is 176 Å². The van der Waals surface area contributed by atoms with Gasteiger partial charge in [0.15, 0.2) is 0 Å². The highest BCUT2D eigenvalue weighted by Gasteiger charge is 2.85. The predicted octanol–water partition coefficient (Wildman–Crippen LogP) is 2.20. The van der Waals surface area contributed by atoms with Crippen molar-refractivity contribution in [3.8, 4) is 0 Å². The van der Waals surface area contributed by atoms with Gasteiger partial charge in [-0.2, -0.15) is 0 Å². The van der Waals surface area contributed by atoms with E-state index < -0.39 is 28.8 Å². The maximum Gasteiger partial charge on any atom is 0.335 e. The Morgan fingerprint density at radius 3 is 2.57 bits per heavy atom. The van der Waals surface area contributed by atoms with Crippen LogP contribution in [0, 0.1) is 28.6 Å². The molecule has 5 aliphatic rings. The molecule has 1 aromatic heterocycles. The van der Waals surface area contributed by atoms with Gasteiger partial charge in [0, 0.05) is 17.4 Å². The second kappa shape index (κ2) is 5.97. The van der Waals surface area contributed by atoms with Crippen LogP contribution >= 0.6 is 0 Å². The Morgan fingerprint density at radius 2 is 1.83 bits per heavy atom. The van der Waals surface area contributed by atoms with Crippen molar-refractivity contribution < 1.29 is 24.5 Å². The van der Waals surface area contributed by atoms with Crippen LogP contribution in [-0.4, -0.2) is 45.3 Å². The molecule has 1 aliphatic heterocycles. The van der Waals surface area contributed by atoms with E-state index in [9.17, 15) is 20.1 Å². The lowest BCUT2D eigenvalue weighted by Gasteiger charge is -2.62. The van der Waals surface area contributed by atoms with Crippen LogP contribution in [0.2, 0.25) is 0 Å². The van der Waals surface area contributed by atoms with Gasteiger partial charge >= 0.3 is 5.63 Å². The van der Waals surface area contributed by atoms with Crippen LogP contribution in [0.4, 0.5) is 0 Å². The largest absolute Gasteiger partial charge is 0.431 e. The summed E-state index contributed by atoms with van der Waals surface area (Å²) >= 11 is 0. The van der Waals surface area contributed by atoms with E-state index in [0.29, 0.717) is 24.2 Å². The summed E-state index contributed by atoms with van der Waals surface area (Å²) in [5, 5.41) is 33.1. The number of aliphatic hydroxyl groups is 3. The van der Waals surface area contributed by atoms with Gasteiger partial charge in [-0.05, 0) is 73.3 Å². The summed E-state index contributed by atoms with van der Waals surface area (Å²) in [4.78, 5) is 11.5. The second-order valence-electron chi connectivity index (χ2n) is 11.1.